The third-order valence-electron chi connectivity index (χ3n) is 1.98. The highest BCUT2D eigenvalue weighted by Gasteiger charge is 2.01. The molecule has 4 nitrogen and oxygen atoms in total. The molecule has 0 spiro atoms. The van der Waals surface area contributed by atoms with Crippen molar-refractivity contribution in [1.82, 2.24) is 0 Å². The van der Waals surface area contributed by atoms with Crippen molar-refractivity contribution in [3.05, 3.63) is 35.4 Å². The zero-order chi connectivity index (χ0) is 12.0. The Balaban J connectivity index is 2.88. The lowest BCUT2D eigenvalue weighted by atomic mass is 10.1. The Morgan fingerprint density at radius 2 is 2.38 bits per heavy atom. The highest BCUT2D eigenvalue weighted by molar-refractivity contribution is 5.76. The monoisotopic (exact) mass is 216 g/mol. The van der Waals surface area contributed by atoms with Gasteiger partial charge in [0.05, 0.1) is 12.7 Å². The normalized spacial score (nSPS) is 10.0. The quantitative estimate of drug-likeness (QED) is 0.827. The minimum atomic E-state index is -0.378. The standard InChI is InChI=1S/C12H12N2O2/c1-16-11-7-9(3-2-4-12(14)15)5-6-10(11)8-13/h2-3,5-7H,4H2,1H3,(H2,14,15). The van der Waals surface area contributed by atoms with Crippen molar-refractivity contribution in [3.8, 4) is 11.8 Å². The Bertz CT molecular complexity index is 459. The van der Waals surface area contributed by atoms with Crippen LogP contribution in [-0.2, 0) is 4.79 Å². The van der Waals surface area contributed by atoms with Crippen LogP contribution in [0.25, 0.3) is 6.08 Å². The summed E-state index contributed by atoms with van der Waals surface area (Å²) in [6, 6.07) is 7.20. The summed E-state index contributed by atoms with van der Waals surface area (Å²) in [6.07, 6.45) is 3.62. The van der Waals surface area contributed by atoms with Gasteiger partial charge in [-0.05, 0) is 17.7 Å². The fourth-order valence-corrected chi connectivity index (χ4v) is 1.22. The zero-order valence-electron chi connectivity index (χ0n) is 8.93. The number of nitrogens with zero attached hydrogens (tertiary/aromatic N) is 1. The van der Waals surface area contributed by atoms with Crippen LogP contribution in [-0.4, -0.2) is 13.0 Å². The highest BCUT2D eigenvalue weighted by atomic mass is 16.5. The summed E-state index contributed by atoms with van der Waals surface area (Å²) in [5.74, 6) is 0.139. The van der Waals surface area contributed by atoms with E-state index in [0.717, 1.165) is 5.56 Å². The zero-order valence-corrected chi connectivity index (χ0v) is 8.93. The first-order valence-electron chi connectivity index (χ1n) is 4.70. The van der Waals surface area contributed by atoms with Gasteiger partial charge in [-0.1, -0.05) is 18.2 Å². The average Bonchev–Trinajstić information content (AvgIpc) is 2.28. The molecule has 1 rings (SSSR count). The van der Waals surface area contributed by atoms with Gasteiger partial charge in [0.1, 0.15) is 11.8 Å². The number of nitriles is 1. The molecule has 1 aromatic rings. The number of carbonyl (C=O) groups is 1. The van der Waals surface area contributed by atoms with Crippen LogP contribution in [0.15, 0.2) is 24.3 Å². The summed E-state index contributed by atoms with van der Waals surface area (Å²) in [5.41, 5.74) is 6.34. The molecule has 0 bridgehead atoms. The van der Waals surface area contributed by atoms with Gasteiger partial charge in [0, 0.05) is 6.42 Å². The minimum absolute atomic E-state index is 0.197. The van der Waals surface area contributed by atoms with Crippen molar-refractivity contribution < 1.29 is 9.53 Å². The molecule has 0 aromatic heterocycles. The molecule has 0 aliphatic carbocycles. The predicted octanol–water partition coefficient (Wildman–Crippen LogP) is 1.46. The molecule has 0 saturated carbocycles. The van der Waals surface area contributed by atoms with E-state index >= 15 is 0 Å². The molecule has 0 heterocycles. The van der Waals surface area contributed by atoms with Crippen molar-refractivity contribution in [2.45, 2.75) is 6.42 Å². The van der Waals surface area contributed by atoms with E-state index in [2.05, 4.69) is 0 Å². The second-order valence-corrected chi connectivity index (χ2v) is 3.14. The first kappa shape index (κ1) is 11.8. The fraction of sp³-hybridized carbons (Fsp3) is 0.167. The Morgan fingerprint density at radius 1 is 1.62 bits per heavy atom. The highest BCUT2D eigenvalue weighted by Crippen LogP contribution is 2.19. The van der Waals surface area contributed by atoms with E-state index in [1.54, 1.807) is 30.4 Å². The first-order chi connectivity index (χ1) is 7.67. The number of amides is 1. The molecule has 0 saturated heterocycles. The van der Waals surface area contributed by atoms with Crippen molar-refractivity contribution in [3.63, 3.8) is 0 Å². The van der Waals surface area contributed by atoms with Gasteiger partial charge in [0.2, 0.25) is 5.91 Å². The SMILES string of the molecule is COc1cc(C=CCC(N)=O)ccc1C#N. The molecule has 1 amide bonds. The average molecular weight is 216 g/mol. The number of methoxy groups -OCH3 is 1. The van der Waals surface area contributed by atoms with Crippen molar-refractivity contribution in [2.75, 3.05) is 7.11 Å². The lowest BCUT2D eigenvalue weighted by Gasteiger charge is -2.02. The van der Waals surface area contributed by atoms with Gasteiger partial charge < -0.3 is 10.5 Å². The number of nitrogens with two attached hydrogens (primary N) is 1. The van der Waals surface area contributed by atoms with Crippen LogP contribution in [0.5, 0.6) is 5.75 Å². The lowest BCUT2D eigenvalue weighted by Crippen LogP contribution is -2.07. The summed E-state index contributed by atoms with van der Waals surface area (Å²) < 4.78 is 5.06. The van der Waals surface area contributed by atoms with Gasteiger partial charge in [-0.3, -0.25) is 4.79 Å². The summed E-state index contributed by atoms with van der Waals surface area (Å²) >= 11 is 0. The molecule has 0 aliphatic rings. The second-order valence-electron chi connectivity index (χ2n) is 3.14. The number of ether oxygens (including phenoxy) is 1. The Labute approximate surface area is 93.9 Å². The molecule has 0 unspecified atom stereocenters. The predicted molar refractivity (Wildman–Crippen MR) is 60.6 cm³/mol. The number of benzene rings is 1. The van der Waals surface area contributed by atoms with Gasteiger partial charge >= 0.3 is 0 Å². The number of hydrogen-bond donors (Lipinski definition) is 1. The number of carbonyl (C=O) groups excluding carboxylic acids is 1. The Hall–Kier alpha value is -2.28. The summed E-state index contributed by atoms with van der Waals surface area (Å²) in [7, 11) is 1.51. The maximum atomic E-state index is 10.5. The summed E-state index contributed by atoms with van der Waals surface area (Å²) in [4.78, 5) is 10.5. The number of rotatable bonds is 4. The molecule has 2 N–H and O–H groups in total. The molecule has 0 atom stereocenters. The molecular weight excluding hydrogens is 204 g/mol. The molecule has 82 valence electrons. The Kier molecular flexibility index (Phi) is 4.10. The van der Waals surface area contributed by atoms with Crippen LogP contribution in [0, 0.1) is 11.3 Å². The third kappa shape index (κ3) is 3.14. The molecule has 4 heteroatoms. The van der Waals surface area contributed by atoms with E-state index in [0.29, 0.717) is 11.3 Å². The topological polar surface area (TPSA) is 76.1 Å². The van der Waals surface area contributed by atoms with Gasteiger partial charge in [-0.2, -0.15) is 5.26 Å². The van der Waals surface area contributed by atoms with Crippen molar-refractivity contribution >= 4 is 12.0 Å². The van der Waals surface area contributed by atoms with Crippen LogP contribution < -0.4 is 10.5 Å². The van der Waals surface area contributed by atoms with E-state index in [9.17, 15) is 4.79 Å². The van der Waals surface area contributed by atoms with E-state index in [1.807, 2.05) is 6.07 Å². The van der Waals surface area contributed by atoms with Gasteiger partial charge in [0.15, 0.2) is 0 Å². The van der Waals surface area contributed by atoms with E-state index in [4.69, 9.17) is 15.7 Å². The van der Waals surface area contributed by atoms with Gasteiger partial charge in [-0.25, -0.2) is 0 Å². The molecule has 0 fully saturated rings. The van der Waals surface area contributed by atoms with Crippen molar-refractivity contribution in [1.29, 1.82) is 5.26 Å². The van der Waals surface area contributed by atoms with Gasteiger partial charge in [0.25, 0.3) is 0 Å². The van der Waals surface area contributed by atoms with E-state index in [-0.39, 0.29) is 12.3 Å². The van der Waals surface area contributed by atoms with Crippen molar-refractivity contribution in [2.24, 2.45) is 5.73 Å². The minimum Gasteiger partial charge on any atom is -0.495 e. The lowest BCUT2D eigenvalue weighted by molar-refractivity contribution is -0.117. The smallest absolute Gasteiger partial charge is 0.221 e. The molecule has 1 aromatic carbocycles. The van der Waals surface area contributed by atoms with E-state index in [1.165, 1.54) is 7.11 Å². The van der Waals surface area contributed by atoms with Crippen LogP contribution in [0.2, 0.25) is 0 Å². The van der Waals surface area contributed by atoms with Gasteiger partial charge in [-0.15, -0.1) is 0 Å². The van der Waals surface area contributed by atoms with Crippen LogP contribution in [0.4, 0.5) is 0 Å². The first-order valence-corrected chi connectivity index (χ1v) is 4.70. The maximum Gasteiger partial charge on any atom is 0.221 e. The summed E-state index contributed by atoms with van der Waals surface area (Å²) in [6.45, 7) is 0. The van der Waals surface area contributed by atoms with E-state index < -0.39 is 0 Å². The number of primary amides is 1. The fourth-order valence-electron chi connectivity index (χ4n) is 1.22. The maximum absolute atomic E-state index is 10.5. The third-order valence-corrected chi connectivity index (χ3v) is 1.98. The summed E-state index contributed by atoms with van der Waals surface area (Å²) in [5, 5.41) is 8.78. The Morgan fingerprint density at radius 3 is 2.94 bits per heavy atom. The molecule has 0 radical (unpaired) electrons. The van der Waals surface area contributed by atoms with Crippen LogP contribution in [0.3, 0.4) is 0 Å². The number of hydrogen-bond acceptors (Lipinski definition) is 3. The molecule has 0 aliphatic heterocycles. The molecule has 16 heavy (non-hydrogen) atoms. The second kappa shape index (κ2) is 5.56. The molecular formula is C12H12N2O2. The van der Waals surface area contributed by atoms with Crippen LogP contribution >= 0.6 is 0 Å². The largest absolute Gasteiger partial charge is 0.495 e. The van der Waals surface area contributed by atoms with Crippen LogP contribution in [0.1, 0.15) is 17.5 Å².